The summed E-state index contributed by atoms with van der Waals surface area (Å²) in [5.41, 5.74) is -0.391. The largest absolute Gasteiger partial charge is 0.481 e. The second-order valence-corrected chi connectivity index (χ2v) is 7.21. The second-order valence-electron chi connectivity index (χ2n) is 7.21. The lowest BCUT2D eigenvalue weighted by Gasteiger charge is -2.33. The third-order valence-corrected chi connectivity index (χ3v) is 4.00. The number of hydrogen-bond acceptors (Lipinski definition) is 4. The number of carbonyl (C=O) groups excluding carboxylic acids is 2. The number of fused-ring (bicyclic) bond motifs is 1. The van der Waals surface area contributed by atoms with Crippen molar-refractivity contribution in [3.8, 4) is 0 Å². The molecular formula is C18H23NO5. The van der Waals surface area contributed by atoms with Gasteiger partial charge in [0, 0.05) is 17.5 Å². The van der Waals surface area contributed by atoms with E-state index in [2.05, 4.69) is 5.32 Å². The summed E-state index contributed by atoms with van der Waals surface area (Å²) in [6, 6.07) is 7.05. The molecule has 0 spiro atoms. The Kier molecular flexibility index (Phi) is 4.96. The molecule has 1 heterocycles. The summed E-state index contributed by atoms with van der Waals surface area (Å²) in [5, 5.41) is 12.2. The van der Waals surface area contributed by atoms with Crippen molar-refractivity contribution >= 4 is 23.5 Å². The summed E-state index contributed by atoms with van der Waals surface area (Å²) in [5.74, 6) is -1.66. The lowest BCUT2D eigenvalue weighted by molar-refractivity contribution is -0.157. The molecule has 1 atom stereocenters. The highest BCUT2D eigenvalue weighted by Gasteiger charge is 2.41. The number of aliphatic carboxylic acids is 1. The highest BCUT2D eigenvalue weighted by atomic mass is 16.6. The minimum Gasteiger partial charge on any atom is -0.481 e. The lowest BCUT2D eigenvalue weighted by atomic mass is 9.71. The second kappa shape index (κ2) is 6.63. The van der Waals surface area contributed by atoms with Gasteiger partial charge in [0.15, 0.2) is 0 Å². The lowest BCUT2D eigenvalue weighted by Crippen LogP contribution is -2.35. The number of benzene rings is 1. The van der Waals surface area contributed by atoms with E-state index in [4.69, 9.17) is 4.74 Å². The van der Waals surface area contributed by atoms with Gasteiger partial charge in [-0.15, -0.1) is 0 Å². The van der Waals surface area contributed by atoms with E-state index in [0.717, 1.165) is 0 Å². The van der Waals surface area contributed by atoms with E-state index in [0.29, 0.717) is 11.3 Å². The molecule has 1 aromatic rings. The van der Waals surface area contributed by atoms with Crippen LogP contribution in [0.3, 0.4) is 0 Å². The third kappa shape index (κ3) is 4.34. The monoisotopic (exact) mass is 333 g/mol. The molecule has 1 aromatic carbocycles. The van der Waals surface area contributed by atoms with Crippen LogP contribution in [0.4, 0.5) is 5.69 Å². The molecule has 1 aliphatic heterocycles. The van der Waals surface area contributed by atoms with E-state index < -0.39 is 23.0 Å². The first-order chi connectivity index (χ1) is 11.1. The summed E-state index contributed by atoms with van der Waals surface area (Å²) in [6.45, 7) is 5.29. The standard InChI is InChI=1S/C18H23NO5/c1-17(2,3)24-16(23)11-18(10-15(21)22)9-8-14(20)19-13-7-5-4-6-12(13)18/h4-7H,8-11H2,1-3H3,(H,19,20)(H,21,22). The zero-order valence-electron chi connectivity index (χ0n) is 14.2. The summed E-state index contributed by atoms with van der Waals surface area (Å²) in [4.78, 5) is 35.8. The highest BCUT2D eigenvalue weighted by Crippen LogP contribution is 2.43. The van der Waals surface area contributed by atoms with Gasteiger partial charge < -0.3 is 15.2 Å². The summed E-state index contributed by atoms with van der Waals surface area (Å²) < 4.78 is 5.39. The van der Waals surface area contributed by atoms with Crippen molar-refractivity contribution in [2.75, 3.05) is 5.32 Å². The molecule has 1 unspecified atom stereocenters. The fourth-order valence-electron chi connectivity index (χ4n) is 3.13. The molecular weight excluding hydrogens is 310 g/mol. The van der Waals surface area contributed by atoms with Crippen LogP contribution in [-0.2, 0) is 24.5 Å². The van der Waals surface area contributed by atoms with Crippen molar-refractivity contribution < 1.29 is 24.2 Å². The molecule has 0 radical (unpaired) electrons. The Bertz CT molecular complexity index is 662. The zero-order chi connectivity index (χ0) is 18.0. The number of para-hydroxylation sites is 1. The van der Waals surface area contributed by atoms with E-state index in [1.807, 2.05) is 0 Å². The van der Waals surface area contributed by atoms with E-state index in [1.54, 1.807) is 45.0 Å². The normalized spacial score (nSPS) is 20.5. The molecule has 0 saturated carbocycles. The summed E-state index contributed by atoms with van der Waals surface area (Å²) in [7, 11) is 0. The number of hydrogen-bond donors (Lipinski definition) is 2. The van der Waals surface area contributed by atoms with Crippen molar-refractivity contribution in [1.82, 2.24) is 0 Å². The molecule has 130 valence electrons. The molecule has 24 heavy (non-hydrogen) atoms. The SMILES string of the molecule is CC(C)(C)OC(=O)CC1(CC(=O)O)CCC(=O)Nc2ccccc21. The number of carbonyl (C=O) groups is 3. The molecule has 2 rings (SSSR count). The first-order valence-electron chi connectivity index (χ1n) is 7.94. The number of carboxylic acid groups (broad SMARTS) is 1. The van der Waals surface area contributed by atoms with Crippen LogP contribution in [0.15, 0.2) is 24.3 Å². The third-order valence-electron chi connectivity index (χ3n) is 4.00. The van der Waals surface area contributed by atoms with E-state index in [-0.39, 0.29) is 31.6 Å². The van der Waals surface area contributed by atoms with Crippen LogP contribution < -0.4 is 5.32 Å². The van der Waals surface area contributed by atoms with E-state index >= 15 is 0 Å². The Morgan fingerprint density at radius 3 is 2.54 bits per heavy atom. The van der Waals surface area contributed by atoms with Crippen molar-refractivity contribution in [2.24, 2.45) is 0 Å². The maximum absolute atomic E-state index is 12.4. The van der Waals surface area contributed by atoms with Crippen LogP contribution in [0.25, 0.3) is 0 Å². The van der Waals surface area contributed by atoms with Gasteiger partial charge >= 0.3 is 11.9 Å². The number of nitrogens with one attached hydrogen (secondary N) is 1. The molecule has 0 saturated heterocycles. The van der Waals surface area contributed by atoms with E-state index in [9.17, 15) is 19.5 Å². The van der Waals surface area contributed by atoms with Gasteiger partial charge in [0.05, 0.1) is 12.8 Å². The maximum atomic E-state index is 12.4. The first-order valence-corrected chi connectivity index (χ1v) is 7.94. The number of anilines is 1. The van der Waals surface area contributed by atoms with Gasteiger partial charge in [0.25, 0.3) is 0 Å². The first kappa shape index (κ1) is 18.0. The number of rotatable bonds is 4. The molecule has 0 bridgehead atoms. The Morgan fingerprint density at radius 2 is 1.92 bits per heavy atom. The molecule has 6 nitrogen and oxygen atoms in total. The van der Waals surface area contributed by atoms with Crippen LogP contribution >= 0.6 is 0 Å². The summed E-state index contributed by atoms with van der Waals surface area (Å²) in [6.07, 6.45) is 0.118. The fraction of sp³-hybridized carbons (Fsp3) is 0.500. The van der Waals surface area contributed by atoms with Crippen molar-refractivity contribution in [3.05, 3.63) is 29.8 Å². The van der Waals surface area contributed by atoms with Gasteiger partial charge in [-0.2, -0.15) is 0 Å². The Hall–Kier alpha value is -2.37. The quantitative estimate of drug-likeness (QED) is 0.827. The van der Waals surface area contributed by atoms with Crippen LogP contribution in [0.1, 0.15) is 52.0 Å². The molecule has 0 fully saturated rings. The zero-order valence-corrected chi connectivity index (χ0v) is 14.2. The predicted molar refractivity (Wildman–Crippen MR) is 88.7 cm³/mol. The number of amides is 1. The minimum absolute atomic E-state index is 0.0808. The van der Waals surface area contributed by atoms with Crippen LogP contribution in [0.2, 0.25) is 0 Å². The minimum atomic E-state index is -1.01. The Morgan fingerprint density at radius 1 is 1.25 bits per heavy atom. The van der Waals surface area contributed by atoms with Gasteiger partial charge in [0.1, 0.15) is 5.60 Å². The van der Waals surface area contributed by atoms with Gasteiger partial charge in [-0.25, -0.2) is 0 Å². The van der Waals surface area contributed by atoms with Crippen LogP contribution in [-0.4, -0.2) is 28.6 Å². The molecule has 0 aliphatic carbocycles. The van der Waals surface area contributed by atoms with Crippen molar-refractivity contribution in [2.45, 2.75) is 57.5 Å². The summed E-state index contributed by atoms with van der Waals surface area (Å²) >= 11 is 0. The topological polar surface area (TPSA) is 92.7 Å². The highest BCUT2D eigenvalue weighted by molar-refractivity contribution is 5.93. The molecule has 1 amide bonds. The van der Waals surface area contributed by atoms with Gasteiger partial charge in [-0.3, -0.25) is 14.4 Å². The molecule has 2 N–H and O–H groups in total. The fourth-order valence-corrected chi connectivity index (χ4v) is 3.13. The Labute approximate surface area is 141 Å². The average Bonchev–Trinajstić information content (AvgIpc) is 2.54. The van der Waals surface area contributed by atoms with Gasteiger partial charge in [0.2, 0.25) is 5.91 Å². The molecule has 6 heteroatoms. The molecule has 0 aromatic heterocycles. The van der Waals surface area contributed by atoms with Crippen molar-refractivity contribution in [1.29, 1.82) is 0 Å². The van der Waals surface area contributed by atoms with Crippen molar-refractivity contribution in [3.63, 3.8) is 0 Å². The molecule has 1 aliphatic rings. The van der Waals surface area contributed by atoms with Gasteiger partial charge in [-0.1, -0.05) is 18.2 Å². The average molecular weight is 333 g/mol. The Balaban J connectivity index is 2.45. The van der Waals surface area contributed by atoms with Crippen LogP contribution in [0.5, 0.6) is 0 Å². The number of esters is 1. The maximum Gasteiger partial charge on any atom is 0.307 e. The smallest absolute Gasteiger partial charge is 0.307 e. The van der Waals surface area contributed by atoms with Gasteiger partial charge in [-0.05, 0) is 38.8 Å². The van der Waals surface area contributed by atoms with Crippen LogP contribution in [0, 0.1) is 0 Å². The van der Waals surface area contributed by atoms with E-state index in [1.165, 1.54) is 0 Å². The predicted octanol–water partition coefficient (Wildman–Crippen LogP) is 2.86. The number of carboxylic acids is 1. The number of ether oxygens (including phenoxy) is 1.